The van der Waals surface area contributed by atoms with Gasteiger partial charge in [0.15, 0.2) is 6.49 Å². The van der Waals surface area contributed by atoms with Crippen molar-refractivity contribution in [3.63, 3.8) is 0 Å². The van der Waals surface area contributed by atoms with Gasteiger partial charge in [-0.1, -0.05) is 89.3 Å². The monoisotopic (exact) mass is 384 g/mol. The lowest BCUT2D eigenvalue weighted by atomic mass is 10.1. The Kier molecular flexibility index (Phi) is 15.1. The van der Waals surface area contributed by atoms with Crippen molar-refractivity contribution in [3.05, 3.63) is 0 Å². The molecule has 2 atom stereocenters. The number of hydrogen-bond donors (Lipinski definition) is 0. The Morgan fingerprint density at radius 2 is 1.35 bits per heavy atom. The van der Waals surface area contributed by atoms with Crippen LogP contribution in [0.3, 0.4) is 0 Å². The lowest BCUT2D eigenvalue weighted by Gasteiger charge is -2.16. The highest BCUT2D eigenvalue weighted by molar-refractivity contribution is 7.89. The van der Waals surface area contributed by atoms with E-state index in [0.717, 1.165) is 19.3 Å². The van der Waals surface area contributed by atoms with Crippen LogP contribution in [0.2, 0.25) is 0 Å². The highest BCUT2D eigenvalue weighted by atomic mass is 35.7. The first-order valence-corrected chi connectivity index (χ1v) is 12.8. The maximum absolute atomic E-state index is 12.4. The van der Waals surface area contributed by atoms with E-state index >= 15 is 0 Å². The SMILES string of the molecule is CCCCCCCCCCCCP(=O)(Cl)CC(CCC)C(=O)Cl. The van der Waals surface area contributed by atoms with Gasteiger partial charge >= 0.3 is 0 Å². The van der Waals surface area contributed by atoms with E-state index in [0.29, 0.717) is 12.6 Å². The van der Waals surface area contributed by atoms with E-state index in [1.807, 2.05) is 6.92 Å². The summed E-state index contributed by atoms with van der Waals surface area (Å²) in [4.78, 5) is 11.3. The third-order valence-corrected chi connectivity index (χ3v) is 7.50. The van der Waals surface area contributed by atoms with E-state index in [2.05, 4.69) is 6.92 Å². The molecule has 5 heteroatoms. The molecule has 0 aromatic carbocycles. The van der Waals surface area contributed by atoms with Crippen LogP contribution < -0.4 is 0 Å². The second-order valence-electron chi connectivity index (χ2n) is 6.67. The van der Waals surface area contributed by atoms with Crippen molar-refractivity contribution in [1.29, 1.82) is 0 Å². The average Bonchev–Trinajstić information content (AvgIpc) is 2.48. The van der Waals surface area contributed by atoms with Gasteiger partial charge in [-0.05, 0) is 24.4 Å². The number of halogens is 2. The summed E-state index contributed by atoms with van der Waals surface area (Å²) < 4.78 is 12.4. The quantitative estimate of drug-likeness (QED) is 0.156. The molecule has 0 aliphatic heterocycles. The zero-order valence-electron chi connectivity index (χ0n) is 15.0. The molecule has 0 aromatic rings. The fourth-order valence-electron chi connectivity index (χ4n) is 2.88. The minimum atomic E-state index is -2.74. The van der Waals surface area contributed by atoms with Crippen LogP contribution in [0.1, 0.15) is 90.9 Å². The molecule has 0 aromatic heterocycles. The van der Waals surface area contributed by atoms with Crippen molar-refractivity contribution < 1.29 is 9.36 Å². The standard InChI is InChI=1S/C18H35Cl2O2P/c1-3-5-6-7-8-9-10-11-12-13-15-23(20,22)16-17(14-4-2)18(19)21/h17H,3-16H2,1-2H3. The largest absolute Gasteiger partial charge is 0.307 e. The first kappa shape index (κ1) is 23.5. The summed E-state index contributed by atoms with van der Waals surface area (Å²) in [6.45, 7) is 1.49. The van der Waals surface area contributed by atoms with Gasteiger partial charge in [0, 0.05) is 18.2 Å². The fourth-order valence-corrected chi connectivity index (χ4v) is 5.92. The lowest BCUT2D eigenvalue weighted by Crippen LogP contribution is -2.13. The van der Waals surface area contributed by atoms with Crippen molar-refractivity contribution in [2.75, 3.05) is 12.3 Å². The Hall–Kier alpha value is 0.480. The van der Waals surface area contributed by atoms with Gasteiger partial charge in [-0.2, -0.15) is 0 Å². The van der Waals surface area contributed by atoms with Crippen molar-refractivity contribution in [3.8, 4) is 0 Å². The Balaban J connectivity index is 3.69. The second-order valence-corrected chi connectivity index (χ2v) is 11.3. The van der Waals surface area contributed by atoms with Crippen LogP contribution in [0.25, 0.3) is 0 Å². The summed E-state index contributed by atoms with van der Waals surface area (Å²) >= 11 is 11.7. The normalized spacial score (nSPS) is 15.3. The van der Waals surface area contributed by atoms with Gasteiger partial charge in [0.1, 0.15) is 0 Å². The van der Waals surface area contributed by atoms with Crippen LogP contribution in [0.4, 0.5) is 0 Å². The van der Waals surface area contributed by atoms with Crippen molar-refractivity contribution in [2.45, 2.75) is 90.9 Å². The zero-order valence-corrected chi connectivity index (χ0v) is 17.4. The van der Waals surface area contributed by atoms with E-state index in [9.17, 15) is 9.36 Å². The summed E-state index contributed by atoms with van der Waals surface area (Å²) in [5.74, 6) is -0.340. The van der Waals surface area contributed by atoms with Crippen molar-refractivity contribution >= 4 is 34.6 Å². The molecule has 0 fully saturated rings. The van der Waals surface area contributed by atoms with Crippen LogP contribution in [-0.4, -0.2) is 17.6 Å². The predicted molar refractivity (Wildman–Crippen MR) is 104 cm³/mol. The topological polar surface area (TPSA) is 34.1 Å². The molecule has 0 radical (unpaired) electrons. The molecule has 0 heterocycles. The maximum atomic E-state index is 12.4. The summed E-state index contributed by atoms with van der Waals surface area (Å²) in [7, 11) is 0. The van der Waals surface area contributed by atoms with Crippen LogP contribution in [0.15, 0.2) is 0 Å². The predicted octanol–water partition coefficient (Wildman–Crippen LogP) is 7.61. The minimum absolute atomic E-state index is 0.266. The molecule has 0 rings (SSSR count). The Labute approximate surface area is 153 Å². The molecular weight excluding hydrogens is 350 g/mol. The Bertz CT molecular complexity index is 348. The summed E-state index contributed by atoms with van der Waals surface area (Å²) in [5, 5.41) is -0.393. The number of carbonyl (C=O) groups is 1. The lowest BCUT2D eigenvalue weighted by molar-refractivity contribution is -0.114. The third kappa shape index (κ3) is 14.5. The van der Waals surface area contributed by atoms with E-state index in [1.54, 1.807) is 0 Å². The maximum Gasteiger partial charge on any atom is 0.225 e. The molecule has 0 amide bonds. The first-order chi connectivity index (χ1) is 10.9. The molecule has 0 saturated carbocycles. The molecule has 0 N–H and O–H groups in total. The van der Waals surface area contributed by atoms with Gasteiger partial charge in [0.25, 0.3) is 0 Å². The highest BCUT2D eigenvalue weighted by Crippen LogP contribution is 2.54. The van der Waals surface area contributed by atoms with Gasteiger partial charge in [-0.3, -0.25) is 4.79 Å². The first-order valence-electron chi connectivity index (χ1n) is 9.40. The molecule has 0 aliphatic carbocycles. The molecule has 0 bridgehead atoms. The average molecular weight is 385 g/mol. The van der Waals surface area contributed by atoms with E-state index in [4.69, 9.17) is 22.8 Å². The molecule has 0 spiro atoms. The Morgan fingerprint density at radius 3 is 1.78 bits per heavy atom. The summed E-state index contributed by atoms with van der Waals surface area (Å²) in [6, 6.07) is 0. The molecule has 0 aliphatic rings. The molecule has 23 heavy (non-hydrogen) atoms. The number of unbranched alkanes of at least 4 members (excludes halogenated alkanes) is 9. The van der Waals surface area contributed by atoms with Gasteiger partial charge < -0.3 is 4.57 Å². The van der Waals surface area contributed by atoms with Crippen molar-refractivity contribution in [1.82, 2.24) is 0 Å². The van der Waals surface area contributed by atoms with Gasteiger partial charge in [0.2, 0.25) is 5.24 Å². The van der Waals surface area contributed by atoms with E-state index < -0.39 is 11.7 Å². The smallest absolute Gasteiger partial charge is 0.225 e. The summed E-state index contributed by atoms with van der Waals surface area (Å²) in [6.07, 6.45) is 14.8. The van der Waals surface area contributed by atoms with Crippen LogP contribution in [-0.2, 0) is 9.36 Å². The number of hydrogen-bond acceptors (Lipinski definition) is 2. The van der Waals surface area contributed by atoms with Crippen LogP contribution in [0, 0.1) is 5.92 Å². The van der Waals surface area contributed by atoms with E-state index in [-0.39, 0.29) is 12.1 Å². The molecular formula is C18H35Cl2O2P. The molecule has 138 valence electrons. The van der Waals surface area contributed by atoms with Gasteiger partial charge in [0.05, 0.1) is 0 Å². The molecule has 2 nitrogen and oxygen atoms in total. The summed E-state index contributed by atoms with van der Waals surface area (Å²) in [5.41, 5.74) is 0. The molecule has 2 unspecified atom stereocenters. The van der Waals surface area contributed by atoms with Gasteiger partial charge in [-0.15, -0.1) is 0 Å². The van der Waals surface area contributed by atoms with E-state index in [1.165, 1.54) is 51.4 Å². The van der Waals surface area contributed by atoms with Crippen LogP contribution in [0.5, 0.6) is 0 Å². The van der Waals surface area contributed by atoms with Crippen molar-refractivity contribution in [2.24, 2.45) is 5.92 Å². The highest BCUT2D eigenvalue weighted by Gasteiger charge is 2.27. The Morgan fingerprint density at radius 1 is 0.870 bits per heavy atom. The van der Waals surface area contributed by atoms with Gasteiger partial charge in [-0.25, -0.2) is 0 Å². The number of carbonyl (C=O) groups excluding carboxylic acids is 1. The van der Waals surface area contributed by atoms with Crippen LogP contribution >= 0.6 is 29.3 Å². The third-order valence-electron chi connectivity index (χ3n) is 4.30. The minimum Gasteiger partial charge on any atom is -0.307 e. The zero-order chi connectivity index (χ0) is 17.6. The number of rotatable bonds is 16. The molecule has 0 saturated heterocycles. The fraction of sp³-hybridized carbons (Fsp3) is 0.944. The second kappa shape index (κ2) is 14.8.